The molecule has 2 aliphatic rings. The summed E-state index contributed by atoms with van der Waals surface area (Å²) in [6.07, 6.45) is 2.99. The first kappa shape index (κ1) is 28.2. The molecule has 2 fully saturated rings. The maximum absolute atomic E-state index is 13.7. The Bertz CT molecular complexity index is 1670. The standard InChI is InChI=1S/C29H27FN6O7/c1-2-31-29(39)35-25-22-26(33-14-32-25)36(15-34-22)27-24-23(42-21(43-24)11-8-16-6-4-3-5-7-16)20(41-27)13-40-19-10-9-17(30)12-18(19)28(37)38/h3-12,14-15,20-21,23-24,27H,2,13H2,1H3,(H,37,38)(H2,31,32,33,35,39)/b11-8+/t20?,21-,23?,24?,27?/m0/s1. The van der Waals surface area contributed by atoms with Crippen LogP contribution in [0, 0.1) is 5.82 Å². The number of carbonyl (C=O) groups excluding carboxylic acids is 1. The van der Waals surface area contributed by atoms with Crippen LogP contribution >= 0.6 is 0 Å². The van der Waals surface area contributed by atoms with Gasteiger partial charge in [0.05, 0.1) is 6.33 Å². The summed E-state index contributed by atoms with van der Waals surface area (Å²) in [5.41, 5.74) is 1.36. The van der Waals surface area contributed by atoms with Gasteiger partial charge in [0, 0.05) is 6.54 Å². The van der Waals surface area contributed by atoms with Crippen molar-refractivity contribution in [2.45, 2.75) is 37.8 Å². The second-order valence-corrected chi connectivity index (χ2v) is 9.69. The van der Waals surface area contributed by atoms with Crippen molar-refractivity contribution in [1.82, 2.24) is 24.8 Å². The molecule has 0 bridgehead atoms. The van der Waals surface area contributed by atoms with E-state index in [1.165, 1.54) is 18.7 Å². The third-order valence-electron chi connectivity index (χ3n) is 6.89. The molecule has 2 amide bonds. The minimum atomic E-state index is -1.33. The van der Waals surface area contributed by atoms with Gasteiger partial charge in [-0.15, -0.1) is 0 Å². The summed E-state index contributed by atoms with van der Waals surface area (Å²) < 4.78 is 40.0. The van der Waals surface area contributed by atoms with E-state index in [4.69, 9.17) is 18.9 Å². The van der Waals surface area contributed by atoms with Crippen molar-refractivity contribution >= 4 is 35.1 Å². The zero-order chi connectivity index (χ0) is 29.9. The van der Waals surface area contributed by atoms with Gasteiger partial charge in [-0.25, -0.2) is 28.9 Å². The molecule has 6 rings (SSSR count). The smallest absolute Gasteiger partial charge is 0.339 e. The molecule has 0 saturated carbocycles. The van der Waals surface area contributed by atoms with E-state index in [2.05, 4.69) is 25.6 Å². The number of ether oxygens (including phenoxy) is 4. The van der Waals surface area contributed by atoms with E-state index in [-0.39, 0.29) is 23.7 Å². The van der Waals surface area contributed by atoms with Crippen LogP contribution < -0.4 is 15.4 Å². The number of nitrogens with one attached hydrogen (secondary N) is 2. The van der Waals surface area contributed by atoms with Crippen LogP contribution in [0.1, 0.15) is 29.1 Å². The first-order chi connectivity index (χ1) is 20.9. The van der Waals surface area contributed by atoms with Crippen molar-refractivity contribution < 1.29 is 38.0 Å². The Balaban J connectivity index is 1.28. The lowest BCUT2D eigenvalue weighted by molar-refractivity contribution is -0.131. The van der Waals surface area contributed by atoms with Crippen LogP contribution in [0.5, 0.6) is 5.75 Å². The number of anilines is 1. The largest absolute Gasteiger partial charge is 0.490 e. The first-order valence-electron chi connectivity index (χ1n) is 13.5. The second kappa shape index (κ2) is 12.1. The van der Waals surface area contributed by atoms with Crippen molar-refractivity contribution in [3.8, 4) is 5.75 Å². The molecule has 5 atom stereocenters. The predicted molar refractivity (Wildman–Crippen MR) is 150 cm³/mol. The number of carbonyl (C=O) groups is 2. The highest BCUT2D eigenvalue weighted by Gasteiger charge is 2.53. The highest BCUT2D eigenvalue weighted by molar-refractivity contribution is 5.95. The van der Waals surface area contributed by atoms with Crippen molar-refractivity contribution in [1.29, 1.82) is 0 Å². The number of urea groups is 1. The molecular weight excluding hydrogens is 563 g/mol. The number of nitrogens with zero attached hydrogens (tertiary/aromatic N) is 4. The number of benzene rings is 2. The van der Waals surface area contributed by atoms with Gasteiger partial charge in [0.25, 0.3) is 0 Å². The number of hydrogen-bond donors (Lipinski definition) is 3. The van der Waals surface area contributed by atoms with Gasteiger partial charge in [-0.05, 0) is 36.8 Å². The highest BCUT2D eigenvalue weighted by Crippen LogP contribution is 2.41. The molecule has 3 N–H and O–H groups in total. The van der Waals surface area contributed by atoms with Crippen molar-refractivity contribution in [3.63, 3.8) is 0 Å². The summed E-state index contributed by atoms with van der Waals surface area (Å²) >= 11 is 0. The maximum atomic E-state index is 13.7. The number of aromatic carboxylic acids is 1. The van der Waals surface area contributed by atoms with Gasteiger partial charge in [-0.3, -0.25) is 9.88 Å². The maximum Gasteiger partial charge on any atom is 0.339 e. The molecule has 4 aromatic rings. The second-order valence-electron chi connectivity index (χ2n) is 9.69. The fraction of sp³-hybridized carbons (Fsp3) is 0.276. The van der Waals surface area contributed by atoms with Crippen molar-refractivity contribution in [3.05, 3.63) is 84.2 Å². The van der Waals surface area contributed by atoms with Crippen LogP contribution in [-0.2, 0) is 14.2 Å². The lowest BCUT2D eigenvalue weighted by atomic mass is 10.1. The normalized spacial score (nSPS) is 23.0. The fourth-order valence-electron chi connectivity index (χ4n) is 4.97. The number of carboxylic acids is 1. The molecule has 0 aliphatic carbocycles. The van der Waals surface area contributed by atoms with E-state index >= 15 is 0 Å². The lowest BCUT2D eigenvalue weighted by Gasteiger charge is -2.21. The number of halogens is 1. The van der Waals surface area contributed by atoms with Crippen LogP contribution in [0.3, 0.4) is 0 Å². The van der Waals surface area contributed by atoms with Crippen molar-refractivity contribution in [2.75, 3.05) is 18.5 Å². The molecule has 0 spiro atoms. The Hall–Kier alpha value is -4.92. The van der Waals surface area contributed by atoms with Crippen LogP contribution in [0.4, 0.5) is 15.0 Å². The Morgan fingerprint density at radius 2 is 1.91 bits per heavy atom. The van der Waals surface area contributed by atoms with Gasteiger partial charge >= 0.3 is 12.0 Å². The summed E-state index contributed by atoms with van der Waals surface area (Å²) in [5, 5.41) is 14.8. The van der Waals surface area contributed by atoms with Gasteiger partial charge < -0.3 is 29.4 Å². The molecule has 0 radical (unpaired) electrons. The zero-order valence-electron chi connectivity index (χ0n) is 22.8. The molecule has 2 aliphatic heterocycles. The van der Waals surface area contributed by atoms with Gasteiger partial charge in [0.1, 0.15) is 48.4 Å². The summed E-state index contributed by atoms with van der Waals surface area (Å²) in [6.45, 7) is 2.11. The SMILES string of the molecule is CCNC(=O)Nc1ncnc2c1ncn2C1OC(COc2ccc(F)cc2C(=O)O)C2O[C@H](/C=C/c3ccccc3)OC21. The molecule has 14 heteroatoms. The number of imidazole rings is 1. The number of hydrogen-bond acceptors (Lipinski definition) is 9. The molecule has 4 heterocycles. The summed E-state index contributed by atoms with van der Waals surface area (Å²) in [5.74, 6) is -1.82. The molecule has 43 heavy (non-hydrogen) atoms. The van der Waals surface area contributed by atoms with Crippen molar-refractivity contribution in [2.24, 2.45) is 0 Å². The molecule has 4 unspecified atom stereocenters. The minimum Gasteiger partial charge on any atom is -0.490 e. The Morgan fingerprint density at radius 1 is 1.09 bits per heavy atom. The van der Waals surface area contributed by atoms with Crippen LogP contribution in [-0.4, -0.2) is 74.4 Å². The average molecular weight is 591 g/mol. The van der Waals surface area contributed by atoms with Gasteiger partial charge in [-0.2, -0.15) is 0 Å². The van der Waals surface area contributed by atoms with E-state index in [1.54, 1.807) is 17.6 Å². The Morgan fingerprint density at radius 3 is 2.70 bits per heavy atom. The lowest BCUT2D eigenvalue weighted by Crippen LogP contribution is -2.33. The summed E-state index contributed by atoms with van der Waals surface area (Å²) in [4.78, 5) is 36.7. The van der Waals surface area contributed by atoms with E-state index in [0.29, 0.717) is 17.7 Å². The topological polar surface area (TPSA) is 159 Å². The van der Waals surface area contributed by atoms with E-state index < -0.39 is 48.6 Å². The third-order valence-corrected chi connectivity index (χ3v) is 6.89. The highest BCUT2D eigenvalue weighted by atomic mass is 19.1. The van der Waals surface area contributed by atoms with Gasteiger partial charge in [0.2, 0.25) is 0 Å². The van der Waals surface area contributed by atoms with Gasteiger partial charge in [0.15, 0.2) is 29.5 Å². The summed E-state index contributed by atoms with van der Waals surface area (Å²) in [7, 11) is 0. The minimum absolute atomic E-state index is 0.0150. The number of amides is 2. The van der Waals surface area contributed by atoms with E-state index in [1.807, 2.05) is 36.4 Å². The third kappa shape index (κ3) is 5.88. The number of carboxylic acid groups (broad SMARTS) is 1. The fourth-order valence-corrected chi connectivity index (χ4v) is 4.97. The molecule has 2 saturated heterocycles. The van der Waals surface area contributed by atoms with Crippen LogP contribution in [0.2, 0.25) is 0 Å². The quantitative estimate of drug-likeness (QED) is 0.263. The number of aromatic nitrogens is 4. The molecule has 222 valence electrons. The monoisotopic (exact) mass is 590 g/mol. The molecule has 2 aromatic carbocycles. The van der Waals surface area contributed by atoms with Gasteiger partial charge in [-0.1, -0.05) is 36.4 Å². The van der Waals surface area contributed by atoms with E-state index in [9.17, 15) is 19.1 Å². The Kier molecular flexibility index (Phi) is 7.96. The zero-order valence-corrected chi connectivity index (χ0v) is 22.8. The molecule has 13 nitrogen and oxygen atoms in total. The van der Waals surface area contributed by atoms with E-state index in [0.717, 1.165) is 17.7 Å². The number of rotatable bonds is 9. The predicted octanol–water partition coefficient (Wildman–Crippen LogP) is 3.60. The molecular formula is C29H27FN6O7. The summed E-state index contributed by atoms with van der Waals surface area (Å²) in [6, 6.07) is 12.5. The van der Waals surface area contributed by atoms with Crippen LogP contribution in [0.25, 0.3) is 17.2 Å². The average Bonchev–Trinajstić information content (AvgIpc) is 3.70. The number of fused-ring (bicyclic) bond motifs is 2. The van der Waals surface area contributed by atoms with Crippen LogP contribution in [0.15, 0.2) is 67.3 Å². The first-order valence-corrected chi connectivity index (χ1v) is 13.5. The molecule has 2 aromatic heterocycles. The Labute approximate surface area is 244 Å².